The van der Waals surface area contributed by atoms with Crippen molar-refractivity contribution < 1.29 is 4.39 Å². The molecule has 26 heavy (non-hydrogen) atoms. The van der Waals surface area contributed by atoms with Gasteiger partial charge in [0.05, 0.1) is 0 Å². The number of rotatable bonds is 2. The van der Waals surface area contributed by atoms with Gasteiger partial charge in [-0.05, 0) is 43.4 Å². The average Bonchev–Trinajstić information content (AvgIpc) is 2.94. The molecule has 5 nitrogen and oxygen atoms in total. The molecule has 2 aromatic heterocycles. The first-order chi connectivity index (χ1) is 12.4. The van der Waals surface area contributed by atoms with Crippen LogP contribution in [0.4, 0.5) is 4.39 Å². The van der Waals surface area contributed by atoms with Crippen molar-refractivity contribution in [3.8, 4) is 0 Å². The van der Waals surface area contributed by atoms with Crippen LogP contribution in [0.3, 0.4) is 0 Å². The second kappa shape index (κ2) is 6.20. The molecule has 134 valence electrons. The van der Waals surface area contributed by atoms with Crippen LogP contribution in [-0.4, -0.2) is 20.9 Å². The lowest BCUT2D eigenvalue weighted by atomic mass is 9.76. The van der Waals surface area contributed by atoms with Gasteiger partial charge in [0, 0.05) is 23.0 Å². The average molecular weight is 352 g/mol. The predicted molar refractivity (Wildman–Crippen MR) is 102 cm³/mol. The van der Waals surface area contributed by atoms with Gasteiger partial charge in [0.1, 0.15) is 23.2 Å². The zero-order valence-electron chi connectivity index (χ0n) is 15.0. The van der Waals surface area contributed by atoms with E-state index in [-0.39, 0.29) is 17.3 Å². The smallest absolute Gasteiger partial charge is 0.298 e. The number of benzene rings is 1. The number of aromatic amines is 1. The topological polar surface area (TPSA) is 63.0 Å². The normalized spacial score (nSPS) is 23.8. The van der Waals surface area contributed by atoms with Gasteiger partial charge in [-0.3, -0.25) is 4.79 Å². The van der Waals surface area contributed by atoms with E-state index in [1.54, 1.807) is 6.07 Å². The maximum atomic E-state index is 13.5. The monoisotopic (exact) mass is 352 g/mol. The molecule has 1 aliphatic rings. The Kier molecular flexibility index (Phi) is 3.98. The van der Waals surface area contributed by atoms with Crippen LogP contribution in [0, 0.1) is 23.6 Å². The quantitative estimate of drug-likeness (QED) is 0.558. The molecule has 1 aliphatic carbocycles. The number of fused-ring (bicyclic) bond motifs is 3. The van der Waals surface area contributed by atoms with Crippen molar-refractivity contribution in [2.45, 2.75) is 27.2 Å². The lowest BCUT2D eigenvalue weighted by Crippen LogP contribution is -2.26. The third kappa shape index (κ3) is 2.75. The molecule has 4 rings (SSSR count). The number of hydrogen-bond acceptors (Lipinski definition) is 3. The van der Waals surface area contributed by atoms with Crippen molar-refractivity contribution in [1.82, 2.24) is 14.6 Å². The van der Waals surface area contributed by atoms with Crippen molar-refractivity contribution in [3.63, 3.8) is 0 Å². The molecule has 3 unspecified atom stereocenters. The largest absolute Gasteiger partial charge is 0.349 e. The van der Waals surface area contributed by atoms with E-state index in [0.29, 0.717) is 33.8 Å². The van der Waals surface area contributed by atoms with Crippen molar-refractivity contribution in [2.24, 2.45) is 22.9 Å². The molecular formula is C20H21FN4O. The number of allylic oxidation sites excluding steroid dienone is 2. The van der Waals surface area contributed by atoms with Crippen molar-refractivity contribution in [1.29, 1.82) is 0 Å². The molecule has 6 heteroatoms. The van der Waals surface area contributed by atoms with E-state index in [2.05, 4.69) is 41.9 Å². The van der Waals surface area contributed by atoms with E-state index in [9.17, 15) is 9.18 Å². The van der Waals surface area contributed by atoms with E-state index in [4.69, 9.17) is 0 Å². The first-order valence-electron chi connectivity index (χ1n) is 8.84. The van der Waals surface area contributed by atoms with Gasteiger partial charge in [0.25, 0.3) is 5.56 Å². The Labute approximate surface area is 150 Å². The third-order valence-electron chi connectivity index (χ3n) is 5.27. The Morgan fingerprint density at radius 3 is 2.96 bits per heavy atom. The standard InChI is InChI=1S/C20H21FN4O/c1-11-6-12(2)16(13(3)7-11)9-23-25-10-22-18-15-8-14(21)4-5-17(15)24-19(18)20(25)26/h4-6,8-10,12-13,16,24H,7H2,1-3H3/b23-9+. The zero-order valence-corrected chi connectivity index (χ0v) is 15.0. The fourth-order valence-corrected chi connectivity index (χ4v) is 4.02. The molecule has 1 aromatic carbocycles. The van der Waals surface area contributed by atoms with Crippen LogP contribution in [0.1, 0.15) is 27.2 Å². The first-order valence-corrected chi connectivity index (χ1v) is 8.84. The van der Waals surface area contributed by atoms with Crippen molar-refractivity contribution >= 4 is 28.2 Å². The van der Waals surface area contributed by atoms with E-state index in [1.165, 1.54) is 28.7 Å². The highest BCUT2D eigenvalue weighted by Crippen LogP contribution is 2.32. The van der Waals surface area contributed by atoms with Crippen LogP contribution in [0.5, 0.6) is 0 Å². The van der Waals surface area contributed by atoms with E-state index < -0.39 is 0 Å². The summed E-state index contributed by atoms with van der Waals surface area (Å²) in [7, 11) is 0. The minimum Gasteiger partial charge on any atom is -0.349 e. The molecule has 3 atom stereocenters. The van der Waals surface area contributed by atoms with Gasteiger partial charge in [-0.15, -0.1) is 0 Å². The van der Waals surface area contributed by atoms with Crippen LogP contribution < -0.4 is 5.56 Å². The molecule has 1 N–H and O–H groups in total. The fraction of sp³-hybridized carbons (Fsp3) is 0.350. The predicted octanol–water partition coefficient (Wildman–Crippen LogP) is 4.09. The van der Waals surface area contributed by atoms with Gasteiger partial charge in [-0.2, -0.15) is 9.78 Å². The summed E-state index contributed by atoms with van der Waals surface area (Å²) in [6, 6.07) is 4.35. The summed E-state index contributed by atoms with van der Waals surface area (Å²) < 4.78 is 14.7. The number of nitrogens with zero attached hydrogens (tertiary/aromatic N) is 3. The summed E-state index contributed by atoms with van der Waals surface area (Å²) in [5.41, 5.74) is 2.61. The lowest BCUT2D eigenvalue weighted by molar-refractivity contribution is 0.361. The van der Waals surface area contributed by atoms with Gasteiger partial charge >= 0.3 is 0 Å². The molecule has 0 aliphatic heterocycles. The van der Waals surface area contributed by atoms with Crippen molar-refractivity contribution in [3.05, 3.63) is 52.3 Å². The van der Waals surface area contributed by atoms with Crippen LogP contribution in [0.15, 0.2) is 46.1 Å². The maximum Gasteiger partial charge on any atom is 0.298 e. The van der Waals surface area contributed by atoms with Gasteiger partial charge in [0.15, 0.2) is 0 Å². The highest BCUT2D eigenvalue weighted by molar-refractivity contribution is 6.04. The third-order valence-corrected chi connectivity index (χ3v) is 5.27. The molecule has 0 radical (unpaired) electrons. The molecule has 0 saturated carbocycles. The van der Waals surface area contributed by atoms with Gasteiger partial charge in [0.2, 0.25) is 0 Å². The lowest BCUT2D eigenvalue weighted by Gasteiger charge is -2.29. The minimum atomic E-state index is -0.356. The maximum absolute atomic E-state index is 13.5. The molecule has 0 spiro atoms. The summed E-state index contributed by atoms with van der Waals surface area (Å²) in [5.74, 6) is 0.775. The van der Waals surface area contributed by atoms with Crippen LogP contribution >= 0.6 is 0 Å². The second-order valence-corrected chi connectivity index (χ2v) is 7.33. The number of halogens is 1. The number of hydrogen-bond donors (Lipinski definition) is 1. The summed E-state index contributed by atoms with van der Waals surface area (Å²) in [5, 5.41) is 4.99. The number of H-pyrrole nitrogens is 1. The molecule has 2 heterocycles. The van der Waals surface area contributed by atoms with Crippen molar-refractivity contribution in [2.75, 3.05) is 0 Å². The summed E-state index contributed by atoms with van der Waals surface area (Å²) in [4.78, 5) is 20.1. The van der Waals surface area contributed by atoms with E-state index in [0.717, 1.165) is 6.42 Å². The highest BCUT2D eigenvalue weighted by Gasteiger charge is 2.25. The molecule has 0 bridgehead atoms. The van der Waals surface area contributed by atoms with Crippen LogP contribution in [0.2, 0.25) is 0 Å². The fourth-order valence-electron chi connectivity index (χ4n) is 4.02. The van der Waals surface area contributed by atoms with Gasteiger partial charge < -0.3 is 4.98 Å². The summed E-state index contributed by atoms with van der Waals surface area (Å²) in [6.07, 6.45) is 6.57. The minimum absolute atomic E-state index is 0.276. The van der Waals surface area contributed by atoms with Crippen LogP contribution in [0.25, 0.3) is 21.9 Å². The van der Waals surface area contributed by atoms with E-state index in [1.807, 2.05) is 6.21 Å². The van der Waals surface area contributed by atoms with Crippen LogP contribution in [-0.2, 0) is 0 Å². The Hall–Kier alpha value is -2.76. The van der Waals surface area contributed by atoms with Gasteiger partial charge in [-0.1, -0.05) is 25.5 Å². The Morgan fingerprint density at radius 2 is 2.19 bits per heavy atom. The SMILES string of the molecule is CC1=CC(C)C(/C=N/n2cnc3c([nH]c4ccc(F)cc43)c2=O)C(C)C1. The van der Waals surface area contributed by atoms with E-state index >= 15 is 0 Å². The Morgan fingerprint density at radius 1 is 1.38 bits per heavy atom. The first kappa shape index (κ1) is 16.7. The molecule has 0 amide bonds. The highest BCUT2D eigenvalue weighted by atomic mass is 19.1. The summed E-state index contributed by atoms with van der Waals surface area (Å²) in [6.45, 7) is 6.54. The number of nitrogens with one attached hydrogen (secondary N) is 1. The molecule has 0 saturated heterocycles. The molecular weight excluding hydrogens is 331 g/mol. The summed E-state index contributed by atoms with van der Waals surface area (Å²) >= 11 is 0. The molecule has 3 aromatic rings. The Bertz CT molecular complexity index is 1110. The van der Waals surface area contributed by atoms with Gasteiger partial charge in [-0.25, -0.2) is 9.37 Å². The number of aromatic nitrogens is 3. The molecule has 0 fully saturated rings. The second-order valence-electron chi connectivity index (χ2n) is 7.33. The zero-order chi connectivity index (χ0) is 18.4. The Balaban J connectivity index is 1.75.